The number of amides is 2. The Bertz CT molecular complexity index is 1300. The summed E-state index contributed by atoms with van der Waals surface area (Å²) in [5.74, 6) is -2.25. The molecule has 0 fully saturated rings. The Labute approximate surface area is 211 Å². The Balaban J connectivity index is 1.70. The van der Waals surface area contributed by atoms with E-state index < -0.39 is 23.6 Å². The maximum Gasteiger partial charge on any atom is 0.319 e. The second-order valence-electron chi connectivity index (χ2n) is 7.74. The summed E-state index contributed by atoms with van der Waals surface area (Å²) in [5.41, 5.74) is 2.04. The van der Waals surface area contributed by atoms with E-state index in [-0.39, 0.29) is 41.6 Å². The highest BCUT2D eigenvalue weighted by Gasteiger charge is 2.17. The Morgan fingerprint density at radius 3 is 2.39 bits per heavy atom. The molecule has 3 rings (SSSR count). The fourth-order valence-electron chi connectivity index (χ4n) is 3.30. The number of ether oxygens (including phenoxy) is 1. The van der Waals surface area contributed by atoms with Crippen molar-refractivity contribution in [3.63, 3.8) is 0 Å². The number of aryl methyl sites for hydroxylation is 1. The smallest absolute Gasteiger partial charge is 0.319 e. The van der Waals surface area contributed by atoms with Gasteiger partial charge in [0.1, 0.15) is 11.6 Å². The lowest BCUT2D eigenvalue weighted by molar-refractivity contribution is -0.142. The number of carbonyl (C=O) groups is 3. The largest absolute Gasteiger partial charge is 0.466 e. The molecule has 0 bridgehead atoms. The number of esters is 1. The van der Waals surface area contributed by atoms with E-state index in [2.05, 4.69) is 16.0 Å². The van der Waals surface area contributed by atoms with E-state index in [4.69, 9.17) is 16.3 Å². The van der Waals surface area contributed by atoms with Crippen LogP contribution in [0.2, 0.25) is 5.02 Å². The van der Waals surface area contributed by atoms with Gasteiger partial charge in [-0.15, -0.1) is 0 Å². The first-order chi connectivity index (χ1) is 17.2. The molecule has 0 unspecified atom stereocenters. The SMILES string of the molecule is CCOC(=O)CCNC(=O)Nc1ccc(C)c(C(=O)c2ccc(Nc3ccc(F)cc3F)cc2Cl)c1. The van der Waals surface area contributed by atoms with Crippen molar-refractivity contribution in [3.05, 3.63) is 87.9 Å². The lowest BCUT2D eigenvalue weighted by Crippen LogP contribution is -2.31. The van der Waals surface area contributed by atoms with Gasteiger partial charge in [0.2, 0.25) is 0 Å². The van der Waals surface area contributed by atoms with Gasteiger partial charge in [-0.3, -0.25) is 9.59 Å². The zero-order valence-electron chi connectivity index (χ0n) is 19.6. The van der Waals surface area contributed by atoms with Crippen LogP contribution in [0.1, 0.15) is 34.8 Å². The molecular weight excluding hydrogens is 492 g/mol. The summed E-state index contributed by atoms with van der Waals surface area (Å²) in [4.78, 5) is 36.7. The molecule has 0 aliphatic carbocycles. The summed E-state index contributed by atoms with van der Waals surface area (Å²) in [6.07, 6.45) is 0.0377. The van der Waals surface area contributed by atoms with Gasteiger partial charge in [-0.25, -0.2) is 13.6 Å². The van der Waals surface area contributed by atoms with Crippen molar-refractivity contribution < 1.29 is 27.9 Å². The lowest BCUT2D eigenvalue weighted by atomic mass is 9.98. The minimum Gasteiger partial charge on any atom is -0.466 e. The van der Waals surface area contributed by atoms with Crippen molar-refractivity contribution in [1.82, 2.24) is 5.32 Å². The van der Waals surface area contributed by atoms with E-state index in [0.717, 1.165) is 12.1 Å². The van der Waals surface area contributed by atoms with Crippen molar-refractivity contribution in [1.29, 1.82) is 0 Å². The van der Waals surface area contributed by atoms with Gasteiger partial charge in [-0.1, -0.05) is 17.7 Å². The molecule has 36 heavy (non-hydrogen) atoms. The molecule has 0 heterocycles. The molecule has 0 spiro atoms. The summed E-state index contributed by atoms with van der Waals surface area (Å²) < 4.78 is 31.9. The maximum atomic E-state index is 13.9. The Hall–Kier alpha value is -3.98. The van der Waals surface area contributed by atoms with Gasteiger partial charge >= 0.3 is 12.0 Å². The number of carbonyl (C=O) groups excluding carboxylic acids is 3. The molecule has 0 atom stereocenters. The van der Waals surface area contributed by atoms with Crippen LogP contribution >= 0.6 is 11.6 Å². The lowest BCUT2D eigenvalue weighted by Gasteiger charge is -2.13. The molecule has 0 aliphatic heterocycles. The van der Waals surface area contributed by atoms with Gasteiger partial charge in [0.15, 0.2) is 5.78 Å². The van der Waals surface area contributed by atoms with Crippen molar-refractivity contribution in [2.24, 2.45) is 0 Å². The Morgan fingerprint density at radius 2 is 1.69 bits per heavy atom. The number of anilines is 3. The minimum atomic E-state index is -0.767. The first-order valence-corrected chi connectivity index (χ1v) is 11.4. The molecule has 3 aromatic carbocycles. The van der Waals surface area contributed by atoms with Gasteiger partial charge in [0, 0.05) is 35.1 Å². The molecule has 188 valence electrons. The van der Waals surface area contributed by atoms with Crippen LogP contribution in [-0.2, 0) is 9.53 Å². The summed E-state index contributed by atoms with van der Waals surface area (Å²) in [7, 11) is 0. The zero-order valence-corrected chi connectivity index (χ0v) is 20.3. The number of halogens is 3. The molecule has 0 saturated carbocycles. The highest BCUT2D eigenvalue weighted by molar-refractivity contribution is 6.35. The maximum absolute atomic E-state index is 13.9. The number of rotatable bonds is 9. The van der Waals surface area contributed by atoms with E-state index in [1.807, 2.05) is 0 Å². The summed E-state index contributed by atoms with van der Waals surface area (Å²) in [6, 6.07) is 12.0. The molecule has 10 heteroatoms. The van der Waals surface area contributed by atoms with Gasteiger partial charge in [-0.05, 0) is 61.9 Å². The van der Waals surface area contributed by atoms with E-state index in [1.54, 1.807) is 32.0 Å². The van der Waals surface area contributed by atoms with E-state index >= 15 is 0 Å². The van der Waals surface area contributed by atoms with E-state index in [1.165, 1.54) is 24.3 Å². The molecule has 0 aromatic heterocycles. The number of hydrogen-bond acceptors (Lipinski definition) is 5. The molecule has 2 amide bonds. The second-order valence-corrected chi connectivity index (χ2v) is 8.15. The van der Waals surface area contributed by atoms with Crippen LogP contribution in [0.5, 0.6) is 0 Å². The molecule has 3 aromatic rings. The van der Waals surface area contributed by atoms with Crippen LogP contribution in [0.15, 0.2) is 54.6 Å². The van der Waals surface area contributed by atoms with E-state index in [9.17, 15) is 23.2 Å². The third kappa shape index (κ3) is 7.02. The monoisotopic (exact) mass is 515 g/mol. The average molecular weight is 516 g/mol. The summed E-state index contributed by atoms with van der Waals surface area (Å²) in [6.45, 7) is 3.81. The standard InChI is InChI=1S/C26H24ClF2N3O4/c1-3-36-24(33)10-11-30-26(35)32-17-6-4-15(2)20(13-17)25(34)19-8-7-18(14-21(19)27)31-23-9-5-16(28)12-22(23)29/h4-9,12-14,31H,3,10-11H2,1-2H3,(H2,30,32,35). The summed E-state index contributed by atoms with van der Waals surface area (Å²) >= 11 is 6.35. The normalized spacial score (nSPS) is 10.5. The van der Waals surface area contributed by atoms with Crippen LogP contribution in [0.4, 0.5) is 30.6 Å². The van der Waals surface area contributed by atoms with Gasteiger partial charge in [0.05, 0.1) is 23.7 Å². The Kier molecular flexibility index (Phi) is 8.97. The quantitative estimate of drug-likeness (QED) is 0.241. The molecule has 0 aliphatic rings. The average Bonchev–Trinajstić information content (AvgIpc) is 2.82. The molecule has 0 saturated heterocycles. The third-order valence-electron chi connectivity index (χ3n) is 5.08. The molecule has 0 radical (unpaired) electrons. The highest BCUT2D eigenvalue weighted by Crippen LogP contribution is 2.28. The highest BCUT2D eigenvalue weighted by atomic mass is 35.5. The third-order valence-corrected chi connectivity index (χ3v) is 5.40. The number of urea groups is 1. The molecule has 7 nitrogen and oxygen atoms in total. The topological polar surface area (TPSA) is 96.5 Å². The number of nitrogens with one attached hydrogen (secondary N) is 3. The predicted molar refractivity (Wildman–Crippen MR) is 134 cm³/mol. The van der Waals surface area contributed by atoms with Gasteiger partial charge in [-0.2, -0.15) is 0 Å². The van der Waals surface area contributed by atoms with Crippen molar-refractivity contribution in [2.45, 2.75) is 20.3 Å². The molecular formula is C26H24ClF2N3O4. The fourth-order valence-corrected chi connectivity index (χ4v) is 3.57. The summed E-state index contributed by atoms with van der Waals surface area (Å²) in [5, 5.41) is 8.09. The van der Waals surface area contributed by atoms with Gasteiger partial charge in [0.25, 0.3) is 0 Å². The van der Waals surface area contributed by atoms with Crippen LogP contribution in [-0.4, -0.2) is 30.9 Å². The minimum absolute atomic E-state index is 0.0377. The number of benzene rings is 3. The van der Waals surface area contributed by atoms with Crippen LogP contribution in [0, 0.1) is 18.6 Å². The van der Waals surface area contributed by atoms with Crippen LogP contribution < -0.4 is 16.0 Å². The van der Waals surface area contributed by atoms with Crippen molar-refractivity contribution >= 4 is 46.4 Å². The van der Waals surface area contributed by atoms with Crippen molar-refractivity contribution in [3.8, 4) is 0 Å². The van der Waals surface area contributed by atoms with Crippen LogP contribution in [0.3, 0.4) is 0 Å². The van der Waals surface area contributed by atoms with Crippen LogP contribution in [0.25, 0.3) is 0 Å². The Morgan fingerprint density at radius 1 is 0.944 bits per heavy atom. The number of ketones is 1. The first-order valence-electron chi connectivity index (χ1n) is 11.1. The predicted octanol–water partition coefficient (Wildman–Crippen LogP) is 5.98. The zero-order chi connectivity index (χ0) is 26.2. The second kappa shape index (κ2) is 12.1. The van der Waals surface area contributed by atoms with Gasteiger partial charge < -0.3 is 20.7 Å². The van der Waals surface area contributed by atoms with Crippen molar-refractivity contribution in [2.75, 3.05) is 23.8 Å². The first kappa shape index (κ1) is 26.6. The fraction of sp³-hybridized carbons (Fsp3) is 0.192. The molecule has 3 N–H and O–H groups in total. The van der Waals surface area contributed by atoms with E-state index in [0.29, 0.717) is 22.5 Å². The number of hydrogen-bond donors (Lipinski definition) is 3.